The second kappa shape index (κ2) is 6.78. The van der Waals surface area contributed by atoms with Gasteiger partial charge in [0.15, 0.2) is 5.65 Å². The molecule has 0 unspecified atom stereocenters. The first-order chi connectivity index (χ1) is 12.6. The van der Waals surface area contributed by atoms with Crippen molar-refractivity contribution >= 4 is 22.8 Å². The number of anilines is 1. The van der Waals surface area contributed by atoms with Crippen molar-refractivity contribution in [2.24, 2.45) is 7.05 Å². The lowest BCUT2D eigenvalue weighted by Gasteiger charge is -2.16. The van der Waals surface area contributed by atoms with Crippen molar-refractivity contribution in [2.45, 2.75) is 39.0 Å². The smallest absolute Gasteiger partial charge is 0.329 e. The zero-order valence-corrected chi connectivity index (χ0v) is 15.6. The molecule has 1 amide bonds. The minimum Gasteiger partial charge on any atom is -0.336 e. The van der Waals surface area contributed by atoms with Crippen molar-refractivity contribution in [1.82, 2.24) is 29.5 Å². The number of H-pyrrole nitrogens is 2. The monoisotopic (exact) mass is 371 g/mol. The molecule has 0 aliphatic heterocycles. The Morgan fingerprint density at radius 2 is 1.85 bits per heavy atom. The highest BCUT2D eigenvalue weighted by Gasteiger charge is 2.17. The van der Waals surface area contributed by atoms with Crippen molar-refractivity contribution in [3.05, 3.63) is 44.9 Å². The highest BCUT2D eigenvalue weighted by molar-refractivity contribution is 5.90. The number of carbonyl (C=O) groups excluding carboxylic acids is 1. The summed E-state index contributed by atoms with van der Waals surface area (Å²) in [6.45, 7) is 6.03. The predicted molar refractivity (Wildman–Crippen MR) is 99.6 cm³/mol. The molecule has 3 rings (SSSR count). The van der Waals surface area contributed by atoms with E-state index in [-0.39, 0.29) is 35.3 Å². The van der Waals surface area contributed by atoms with Gasteiger partial charge in [-0.15, -0.1) is 0 Å². The quantitative estimate of drug-likeness (QED) is 0.614. The van der Waals surface area contributed by atoms with Gasteiger partial charge >= 0.3 is 5.69 Å². The summed E-state index contributed by atoms with van der Waals surface area (Å²) < 4.78 is 1.24. The van der Waals surface area contributed by atoms with Gasteiger partial charge in [-0.25, -0.2) is 19.7 Å². The van der Waals surface area contributed by atoms with Crippen LogP contribution in [0.2, 0.25) is 0 Å². The lowest BCUT2D eigenvalue weighted by atomic mass is 9.96. The second-order valence-corrected chi connectivity index (χ2v) is 7.29. The highest BCUT2D eigenvalue weighted by Crippen LogP contribution is 2.18. The summed E-state index contributed by atoms with van der Waals surface area (Å²) in [5.41, 5.74) is -0.267. The van der Waals surface area contributed by atoms with E-state index in [0.29, 0.717) is 17.3 Å². The number of nitrogens with zero attached hydrogens (tertiary/aromatic N) is 4. The number of imidazole rings is 1. The zero-order chi connectivity index (χ0) is 19.8. The van der Waals surface area contributed by atoms with Crippen LogP contribution in [0.15, 0.2) is 22.0 Å². The van der Waals surface area contributed by atoms with Crippen LogP contribution in [0.1, 0.15) is 38.8 Å². The van der Waals surface area contributed by atoms with Gasteiger partial charge in [-0.3, -0.25) is 19.1 Å². The normalized spacial score (nSPS) is 11.7. The van der Waals surface area contributed by atoms with Crippen molar-refractivity contribution < 1.29 is 4.79 Å². The van der Waals surface area contributed by atoms with Crippen LogP contribution in [0.3, 0.4) is 0 Å². The van der Waals surface area contributed by atoms with E-state index in [9.17, 15) is 14.4 Å². The summed E-state index contributed by atoms with van der Waals surface area (Å²) in [7, 11) is 1.51. The molecule has 3 aromatic rings. The Hall–Kier alpha value is -3.30. The fourth-order valence-corrected chi connectivity index (χ4v) is 2.51. The van der Waals surface area contributed by atoms with E-state index >= 15 is 0 Å². The minimum atomic E-state index is -0.540. The maximum atomic E-state index is 12.1. The first kappa shape index (κ1) is 18.5. The summed E-state index contributed by atoms with van der Waals surface area (Å²) in [5.74, 6) is 0.912. The number of fused-ring (bicyclic) bond motifs is 1. The number of aromatic nitrogens is 6. The van der Waals surface area contributed by atoms with Crippen molar-refractivity contribution in [3.63, 3.8) is 0 Å². The fraction of sp³-hybridized carbons (Fsp3) is 0.412. The van der Waals surface area contributed by atoms with Crippen LogP contribution in [-0.2, 0) is 23.7 Å². The van der Waals surface area contributed by atoms with Gasteiger partial charge in [0.05, 0.1) is 18.1 Å². The van der Waals surface area contributed by atoms with E-state index in [1.54, 1.807) is 12.4 Å². The van der Waals surface area contributed by atoms with Crippen LogP contribution >= 0.6 is 0 Å². The molecule has 0 saturated carbocycles. The van der Waals surface area contributed by atoms with Gasteiger partial charge in [-0.2, -0.15) is 0 Å². The third-order valence-electron chi connectivity index (χ3n) is 4.00. The van der Waals surface area contributed by atoms with Gasteiger partial charge in [0.2, 0.25) is 5.91 Å². The molecule has 142 valence electrons. The Morgan fingerprint density at radius 3 is 2.48 bits per heavy atom. The summed E-state index contributed by atoms with van der Waals surface area (Å²) in [6.07, 6.45) is 3.58. The molecule has 0 atom stereocenters. The molecule has 0 fully saturated rings. The molecular formula is C17H21N7O3. The lowest BCUT2D eigenvalue weighted by Crippen LogP contribution is -2.28. The Labute approximate surface area is 154 Å². The molecule has 0 aromatic carbocycles. The SMILES string of the molecule is Cn1c(=O)[nH]c(=O)c2[nH]c(CCC(=O)Nc3cnc(C(C)(C)C)nc3)nc21. The van der Waals surface area contributed by atoms with Crippen molar-refractivity contribution in [1.29, 1.82) is 0 Å². The molecule has 0 spiro atoms. The molecule has 10 heteroatoms. The molecule has 3 aromatic heterocycles. The average Bonchev–Trinajstić information content (AvgIpc) is 3.03. The van der Waals surface area contributed by atoms with Gasteiger partial charge < -0.3 is 10.3 Å². The summed E-state index contributed by atoms with van der Waals surface area (Å²) in [6, 6.07) is 0. The summed E-state index contributed by atoms with van der Waals surface area (Å²) >= 11 is 0. The van der Waals surface area contributed by atoms with Crippen LogP contribution in [0, 0.1) is 0 Å². The largest absolute Gasteiger partial charge is 0.336 e. The summed E-state index contributed by atoms with van der Waals surface area (Å²) in [5, 5.41) is 2.73. The molecule has 3 N–H and O–H groups in total. The molecule has 0 aliphatic carbocycles. The second-order valence-electron chi connectivity index (χ2n) is 7.29. The maximum absolute atomic E-state index is 12.1. The fourth-order valence-electron chi connectivity index (χ4n) is 2.51. The third kappa shape index (κ3) is 3.94. The van der Waals surface area contributed by atoms with E-state index in [2.05, 4.69) is 30.2 Å². The molecule has 0 bridgehead atoms. The lowest BCUT2D eigenvalue weighted by molar-refractivity contribution is -0.116. The number of aromatic amines is 2. The molecule has 0 saturated heterocycles. The van der Waals surface area contributed by atoms with Crippen molar-refractivity contribution in [3.8, 4) is 0 Å². The minimum absolute atomic E-state index is 0.146. The van der Waals surface area contributed by atoms with E-state index in [4.69, 9.17) is 0 Å². The van der Waals surface area contributed by atoms with Gasteiger partial charge in [0.25, 0.3) is 5.56 Å². The molecule has 3 heterocycles. The first-order valence-corrected chi connectivity index (χ1v) is 8.45. The van der Waals surface area contributed by atoms with Crippen LogP contribution in [0.4, 0.5) is 5.69 Å². The van der Waals surface area contributed by atoms with E-state index in [1.165, 1.54) is 11.6 Å². The molecule has 27 heavy (non-hydrogen) atoms. The number of hydrogen-bond acceptors (Lipinski definition) is 6. The van der Waals surface area contributed by atoms with Gasteiger partial charge in [0.1, 0.15) is 17.2 Å². The van der Waals surface area contributed by atoms with Gasteiger partial charge in [-0.05, 0) is 0 Å². The number of carbonyl (C=O) groups is 1. The molecule has 0 aliphatic rings. The molecule has 10 nitrogen and oxygen atoms in total. The van der Waals surface area contributed by atoms with Crippen LogP contribution in [0.5, 0.6) is 0 Å². The number of rotatable bonds is 4. The molecular weight excluding hydrogens is 350 g/mol. The average molecular weight is 371 g/mol. The van der Waals surface area contributed by atoms with Gasteiger partial charge in [-0.1, -0.05) is 20.8 Å². The highest BCUT2D eigenvalue weighted by atomic mass is 16.2. The Morgan fingerprint density at radius 1 is 1.19 bits per heavy atom. The first-order valence-electron chi connectivity index (χ1n) is 8.45. The van der Waals surface area contributed by atoms with Crippen LogP contribution < -0.4 is 16.6 Å². The number of nitrogens with one attached hydrogen (secondary N) is 3. The maximum Gasteiger partial charge on any atom is 0.329 e. The van der Waals surface area contributed by atoms with E-state index in [0.717, 1.165) is 0 Å². The Bertz CT molecular complexity index is 1100. The van der Waals surface area contributed by atoms with E-state index < -0.39 is 11.2 Å². The Balaban J connectivity index is 1.67. The van der Waals surface area contributed by atoms with Crippen molar-refractivity contribution in [2.75, 3.05) is 5.32 Å². The van der Waals surface area contributed by atoms with E-state index in [1.807, 2.05) is 20.8 Å². The Kier molecular flexibility index (Phi) is 4.64. The number of amides is 1. The standard InChI is InChI=1S/C17H21N7O3/c1-17(2,3)15-18-7-9(8-19-15)20-11(25)6-5-10-21-12-13(22-10)24(4)16(27)23-14(12)26/h7-8H,5-6H2,1-4H3,(H,20,25)(H,21,22)(H,23,26,27). The topological polar surface area (TPSA) is 138 Å². The number of hydrogen-bond donors (Lipinski definition) is 3. The summed E-state index contributed by atoms with van der Waals surface area (Å²) in [4.78, 5) is 53.4. The van der Waals surface area contributed by atoms with Crippen LogP contribution in [0.25, 0.3) is 11.2 Å². The third-order valence-corrected chi connectivity index (χ3v) is 4.00. The van der Waals surface area contributed by atoms with Gasteiger partial charge in [0, 0.05) is 25.3 Å². The molecule has 0 radical (unpaired) electrons. The zero-order valence-electron chi connectivity index (χ0n) is 15.6. The number of aryl methyl sites for hydroxylation is 2. The van der Waals surface area contributed by atoms with Crippen LogP contribution in [-0.4, -0.2) is 35.4 Å². The predicted octanol–water partition coefficient (Wildman–Crippen LogP) is 0.609.